The fourth-order valence-electron chi connectivity index (χ4n) is 2.99. The molecular formula is C23H32F3N3O4. The number of rotatable bonds is 6. The third-order valence-corrected chi connectivity index (χ3v) is 4.50. The second kappa shape index (κ2) is 9.70. The van der Waals surface area contributed by atoms with Crippen molar-refractivity contribution in [3.8, 4) is 0 Å². The molecule has 0 saturated carbocycles. The molecule has 0 unspecified atom stereocenters. The van der Waals surface area contributed by atoms with Gasteiger partial charge in [0.25, 0.3) is 5.56 Å². The number of benzene rings is 1. The SMILES string of the molecule is CN(CCOCc1nc2ccc(C(F)(F)F)cc2c(=O)n1CC(C)(C)C)C(=O)OC(C)(C)C. The zero-order chi connectivity index (χ0) is 25.2. The molecule has 0 saturated heterocycles. The number of hydrogen-bond acceptors (Lipinski definition) is 5. The molecule has 7 nitrogen and oxygen atoms in total. The summed E-state index contributed by atoms with van der Waals surface area (Å²) in [6.07, 6.45) is -5.04. The molecule has 1 heterocycles. The van der Waals surface area contributed by atoms with Crippen LogP contribution < -0.4 is 5.56 Å². The zero-order valence-corrected chi connectivity index (χ0v) is 20.2. The maximum atomic E-state index is 13.1. The number of hydrogen-bond donors (Lipinski definition) is 0. The summed E-state index contributed by atoms with van der Waals surface area (Å²) in [6, 6.07) is 2.94. The number of nitrogens with zero attached hydrogens (tertiary/aromatic N) is 3. The lowest BCUT2D eigenvalue weighted by Gasteiger charge is -2.25. The molecule has 0 aliphatic carbocycles. The van der Waals surface area contributed by atoms with E-state index in [9.17, 15) is 22.8 Å². The van der Waals surface area contributed by atoms with E-state index in [4.69, 9.17) is 9.47 Å². The van der Waals surface area contributed by atoms with Crippen molar-refractivity contribution in [3.63, 3.8) is 0 Å². The fraction of sp³-hybridized carbons (Fsp3) is 0.609. The number of amides is 1. The van der Waals surface area contributed by atoms with Gasteiger partial charge in [-0.05, 0) is 44.4 Å². The first kappa shape index (κ1) is 26.6. The van der Waals surface area contributed by atoms with Crippen molar-refractivity contribution >= 4 is 17.0 Å². The first-order valence-corrected chi connectivity index (χ1v) is 10.6. The van der Waals surface area contributed by atoms with Crippen molar-refractivity contribution < 1.29 is 27.4 Å². The van der Waals surface area contributed by atoms with Crippen LogP contribution in [0.3, 0.4) is 0 Å². The minimum atomic E-state index is -4.56. The highest BCUT2D eigenvalue weighted by molar-refractivity contribution is 5.78. The van der Waals surface area contributed by atoms with E-state index in [1.165, 1.54) is 15.5 Å². The van der Waals surface area contributed by atoms with E-state index in [0.29, 0.717) is 5.82 Å². The van der Waals surface area contributed by atoms with Crippen molar-refractivity contribution in [2.45, 2.75) is 66.5 Å². The topological polar surface area (TPSA) is 73.7 Å². The minimum Gasteiger partial charge on any atom is -0.444 e. The molecule has 184 valence electrons. The van der Waals surface area contributed by atoms with Gasteiger partial charge in [0.05, 0.1) is 23.1 Å². The van der Waals surface area contributed by atoms with Crippen LogP contribution in [-0.2, 0) is 28.8 Å². The van der Waals surface area contributed by atoms with Gasteiger partial charge in [-0.2, -0.15) is 13.2 Å². The van der Waals surface area contributed by atoms with E-state index >= 15 is 0 Å². The molecule has 1 aromatic carbocycles. The first-order chi connectivity index (χ1) is 15.0. The molecule has 0 radical (unpaired) electrons. The normalized spacial score (nSPS) is 12.8. The van der Waals surface area contributed by atoms with Crippen LogP contribution in [-0.4, -0.2) is 46.3 Å². The standard InChI is InChI=1S/C23H32F3N3O4/c1-21(2,3)14-29-18(13-32-11-10-28(7)20(31)33-22(4,5)6)27-17-9-8-15(23(24,25)26)12-16(17)19(29)30/h8-9,12H,10-11,13-14H2,1-7H3. The van der Waals surface area contributed by atoms with Gasteiger partial charge in [-0.3, -0.25) is 9.36 Å². The average Bonchev–Trinajstić information content (AvgIpc) is 2.64. The van der Waals surface area contributed by atoms with Crippen molar-refractivity contribution in [1.29, 1.82) is 0 Å². The Morgan fingerprint density at radius 3 is 2.30 bits per heavy atom. The third kappa shape index (κ3) is 7.73. The lowest BCUT2D eigenvalue weighted by atomic mass is 9.96. The second-order valence-electron chi connectivity index (χ2n) is 10.2. The molecular weight excluding hydrogens is 439 g/mol. The Kier molecular flexibility index (Phi) is 7.83. The molecule has 1 amide bonds. The van der Waals surface area contributed by atoms with E-state index < -0.39 is 29.0 Å². The van der Waals surface area contributed by atoms with Gasteiger partial charge in [0.2, 0.25) is 0 Å². The number of ether oxygens (including phenoxy) is 2. The summed E-state index contributed by atoms with van der Waals surface area (Å²) < 4.78 is 51.7. The van der Waals surface area contributed by atoms with Crippen LogP contribution in [0.5, 0.6) is 0 Å². The van der Waals surface area contributed by atoms with E-state index in [2.05, 4.69) is 4.98 Å². The Morgan fingerprint density at radius 1 is 1.12 bits per heavy atom. The van der Waals surface area contributed by atoms with E-state index in [1.807, 2.05) is 20.8 Å². The van der Waals surface area contributed by atoms with Crippen LogP contribution in [0.25, 0.3) is 10.9 Å². The van der Waals surface area contributed by atoms with Crippen molar-refractivity contribution in [3.05, 3.63) is 39.9 Å². The Balaban J connectivity index is 2.25. The van der Waals surface area contributed by atoms with Gasteiger partial charge in [-0.1, -0.05) is 20.8 Å². The molecule has 0 N–H and O–H groups in total. The Morgan fingerprint density at radius 2 is 1.76 bits per heavy atom. The quantitative estimate of drug-likeness (QED) is 0.564. The Labute approximate surface area is 191 Å². The van der Waals surface area contributed by atoms with Crippen molar-refractivity contribution in [1.82, 2.24) is 14.5 Å². The summed E-state index contributed by atoms with van der Waals surface area (Å²) in [5.41, 5.74) is -2.22. The molecule has 10 heteroatoms. The van der Waals surface area contributed by atoms with Gasteiger partial charge in [0.1, 0.15) is 18.0 Å². The van der Waals surface area contributed by atoms with Crippen molar-refractivity contribution in [2.75, 3.05) is 20.2 Å². The lowest BCUT2D eigenvalue weighted by Crippen LogP contribution is -2.36. The summed E-state index contributed by atoms with van der Waals surface area (Å²) in [6.45, 7) is 11.7. The summed E-state index contributed by atoms with van der Waals surface area (Å²) in [5, 5.41) is -0.0949. The number of carbonyl (C=O) groups excluding carboxylic acids is 1. The van der Waals surface area contributed by atoms with Gasteiger partial charge in [-0.15, -0.1) is 0 Å². The van der Waals surface area contributed by atoms with Crippen LogP contribution >= 0.6 is 0 Å². The van der Waals surface area contributed by atoms with Gasteiger partial charge < -0.3 is 14.4 Å². The highest BCUT2D eigenvalue weighted by Crippen LogP contribution is 2.30. The van der Waals surface area contributed by atoms with Gasteiger partial charge >= 0.3 is 12.3 Å². The second-order valence-corrected chi connectivity index (χ2v) is 10.2. The molecule has 0 spiro atoms. The predicted molar refractivity (Wildman–Crippen MR) is 119 cm³/mol. The number of carbonyl (C=O) groups is 1. The fourth-order valence-corrected chi connectivity index (χ4v) is 2.99. The molecule has 1 aromatic heterocycles. The smallest absolute Gasteiger partial charge is 0.416 e. The average molecular weight is 472 g/mol. The molecule has 2 rings (SSSR count). The van der Waals surface area contributed by atoms with Gasteiger partial charge in [0.15, 0.2) is 0 Å². The van der Waals surface area contributed by atoms with Gasteiger partial charge in [0, 0.05) is 20.1 Å². The molecule has 0 aliphatic heterocycles. The Hall–Kier alpha value is -2.62. The Bertz CT molecular complexity index is 1050. The molecule has 0 atom stereocenters. The lowest BCUT2D eigenvalue weighted by molar-refractivity contribution is -0.137. The minimum absolute atomic E-state index is 0.0373. The summed E-state index contributed by atoms with van der Waals surface area (Å²) in [4.78, 5) is 30.9. The number of likely N-dealkylation sites (N-methyl/N-ethyl adjacent to an activating group) is 1. The first-order valence-electron chi connectivity index (χ1n) is 10.6. The van der Waals surface area contributed by atoms with Crippen LogP contribution in [0.4, 0.5) is 18.0 Å². The highest BCUT2D eigenvalue weighted by atomic mass is 19.4. The number of aromatic nitrogens is 2. The van der Waals surface area contributed by atoms with E-state index in [-0.39, 0.29) is 42.6 Å². The highest BCUT2D eigenvalue weighted by Gasteiger charge is 2.31. The van der Waals surface area contributed by atoms with E-state index in [0.717, 1.165) is 12.1 Å². The van der Waals surface area contributed by atoms with Crippen LogP contribution in [0.1, 0.15) is 52.9 Å². The molecule has 2 aromatic rings. The largest absolute Gasteiger partial charge is 0.444 e. The summed E-state index contributed by atoms with van der Waals surface area (Å²) in [7, 11) is 1.58. The molecule has 0 fully saturated rings. The van der Waals surface area contributed by atoms with Crippen LogP contribution in [0, 0.1) is 5.41 Å². The predicted octanol–water partition coefficient (Wildman–Crippen LogP) is 4.84. The maximum absolute atomic E-state index is 13.1. The number of fused-ring (bicyclic) bond motifs is 1. The molecule has 0 aliphatic rings. The van der Waals surface area contributed by atoms with Crippen LogP contribution in [0.2, 0.25) is 0 Å². The monoisotopic (exact) mass is 471 g/mol. The maximum Gasteiger partial charge on any atom is 0.416 e. The van der Waals surface area contributed by atoms with Gasteiger partial charge in [-0.25, -0.2) is 9.78 Å². The third-order valence-electron chi connectivity index (χ3n) is 4.50. The molecule has 0 bridgehead atoms. The molecule has 33 heavy (non-hydrogen) atoms. The summed E-state index contributed by atoms with van der Waals surface area (Å²) >= 11 is 0. The van der Waals surface area contributed by atoms with Crippen LogP contribution in [0.15, 0.2) is 23.0 Å². The zero-order valence-electron chi connectivity index (χ0n) is 20.2. The number of alkyl halides is 3. The van der Waals surface area contributed by atoms with Crippen molar-refractivity contribution in [2.24, 2.45) is 5.41 Å². The summed E-state index contributed by atoms with van der Waals surface area (Å²) in [5.74, 6) is 0.308. The number of halogens is 3. The van der Waals surface area contributed by atoms with E-state index in [1.54, 1.807) is 27.8 Å².